The molecule has 0 bridgehead atoms. The van der Waals surface area contributed by atoms with E-state index < -0.39 is 0 Å². The number of aromatic nitrogens is 2. The van der Waals surface area contributed by atoms with Gasteiger partial charge in [-0.2, -0.15) is 10.4 Å². The largest absolute Gasteiger partial charge is 0.364 e. The summed E-state index contributed by atoms with van der Waals surface area (Å²) >= 11 is 0. The van der Waals surface area contributed by atoms with Gasteiger partial charge in [-0.1, -0.05) is 30.3 Å². The number of fused-ring (bicyclic) bond motifs is 1. The molecule has 0 amide bonds. The molecule has 4 heteroatoms. The number of nitrogens with one attached hydrogen (secondary N) is 1. The van der Waals surface area contributed by atoms with Crippen molar-refractivity contribution in [3.05, 3.63) is 53.7 Å². The molecule has 0 saturated heterocycles. The second-order valence-corrected chi connectivity index (χ2v) is 4.68. The Balaban J connectivity index is 1.97. The summed E-state index contributed by atoms with van der Waals surface area (Å²) in [4.78, 5) is 0. The molecule has 1 aliphatic heterocycles. The zero-order chi connectivity index (χ0) is 13.2. The number of hydrogen-bond donors (Lipinski definition) is 1. The Morgan fingerprint density at radius 2 is 2.16 bits per heavy atom. The molecule has 1 aromatic carbocycles. The normalized spacial score (nSPS) is 17.1. The Kier molecular flexibility index (Phi) is 2.81. The highest BCUT2D eigenvalue weighted by atomic mass is 15.3. The molecular formula is C15H14N4. The van der Waals surface area contributed by atoms with Crippen LogP contribution in [0, 0.1) is 11.3 Å². The Hall–Kier alpha value is -2.54. The third kappa shape index (κ3) is 2.11. The van der Waals surface area contributed by atoms with E-state index in [0.29, 0.717) is 12.1 Å². The van der Waals surface area contributed by atoms with Gasteiger partial charge in [0.05, 0.1) is 29.9 Å². The molecule has 0 fully saturated rings. The van der Waals surface area contributed by atoms with E-state index in [9.17, 15) is 5.26 Å². The lowest BCUT2D eigenvalue weighted by atomic mass is 10.0. The van der Waals surface area contributed by atoms with Crippen LogP contribution in [0.1, 0.15) is 18.1 Å². The van der Waals surface area contributed by atoms with Crippen molar-refractivity contribution in [2.75, 3.05) is 5.32 Å². The summed E-state index contributed by atoms with van der Waals surface area (Å²) in [7, 11) is 0. The fraction of sp³-hybridized carbons (Fsp3) is 0.200. The minimum Gasteiger partial charge on any atom is -0.364 e. The maximum absolute atomic E-state index is 9.17. The summed E-state index contributed by atoms with van der Waals surface area (Å²) in [6, 6.07) is 12.6. The van der Waals surface area contributed by atoms with Gasteiger partial charge in [-0.3, -0.25) is 0 Å². The van der Waals surface area contributed by atoms with Crippen LogP contribution in [0.15, 0.2) is 42.6 Å². The molecule has 4 nitrogen and oxygen atoms in total. The van der Waals surface area contributed by atoms with E-state index in [1.807, 2.05) is 35.9 Å². The zero-order valence-electron chi connectivity index (χ0n) is 10.7. The Bertz CT molecular complexity index is 661. The molecular weight excluding hydrogens is 236 g/mol. The third-order valence-corrected chi connectivity index (χ3v) is 3.21. The monoisotopic (exact) mass is 250 g/mol. The Morgan fingerprint density at radius 1 is 1.37 bits per heavy atom. The van der Waals surface area contributed by atoms with Crippen molar-refractivity contribution in [2.24, 2.45) is 0 Å². The molecule has 0 radical (unpaired) electrons. The van der Waals surface area contributed by atoms with Crippen LogP contribution in [0.4, 0.5) is 5.82 Å². The first-order valence-corrected chi connectivity index (χ1v) is 6.26. The van der Waals surface area contributed by atoms with Crippen molar-refractivity contribution in [3.63, 3.8) is 0 Å². The molecule has 1 atom stereocenters. The van der Waals surface area contributed by atoms with Crippen LogP contribution >= 0.6 is 0 Å². The number of nitrogens with zero attached hydrogens (tertiary/aromatic N) is 3. The molecule has 1 N–H and O–H groups in total. The van der Waals surface area contributed by atoms with Gasteiger partial charge in [0.2, 0.25) is 0 Å². The van der Waals surface area contributed by atoms with Gasteiger partial charge in [0.25, 0.3) is 0 Å². The number of nitriles is 1. The van der Waals surface area contributed by atoms with Crippen LogP contribution in [-0.4, -0.2) is 15.8 Å². The molecule has 1 aliphatic rings. The summed E-state index contributed by atoms with van der Waals surface area (Å²) in [5, 5.41) is 16.9. The lowest BCUT2D eigenvalue weighted by Crippen LogP contribution is -2.20. The summed E-state index contributed by atoms with van der Waals surface area (Å²) in [6.45, 7) is 2.73. The molecule has 2 aromatic rings. The fourth-order valence-electron chi connectivity index (χ4n) is 2.31. The fourth-order valence-corrected chi connectivity index (χ4v) is 2.31. The quantitative estimate of drug-likeness (QED) is 0.891. The van der Waals surface area contributed by atoms with E-state index >= 15 is 0 Å². The Labute approximate surface area is 112 Å². The highest BCUT2D eigenvalue weighted by molar-refractivity contribution is 5.85. The summed E-state index contributed by atoms with van der Waals surface area (Å²) in [6.07, 6.45) is 3.68. The van der Waals surface area contributed by atoms with Crippen molar-refractivity contribution >= 4 is 11.4 Å². The molecule has 3 rings (SSSR count). The van der Waals surface area contributed by atoms with Gasteiger partial charge in [0.15, 0.2) is 0 Å². The Morgan fingerprint density at radius 3 is 2.89 bits per heavy atom. The summed E-state index contributed by atoms with van der Waals surface area (Å²) in [5.41, 5.74) is 2.77. The van der Waals surface area contributed by atoms with Gasteiger partial charge in [0.1, 0.15) is 5.82 Å². The van der Waals surface area contributed by atoms with Crippen LogP contribution in [0.25, 0.3) is 5.57 Å². The van der Waals surface area contributed by atoms with Gasteiger partial charge in [-0.15, -0.1) is 0 Å². The third-order valence-electron chi connectivity index (χ3n) is 3.21. The molecule has 2 heterocycles. The lowest BCUT2D eigenvalue weighted by Gasteiger charge is -2.19. The average Bonchev–Trinajstić information content (AvgIpc) is 2.82. The van der Waals surface area contributed by atoms with Crippen molar-refractivity contribution < 1.29 is 0 Å². The second-order valence-electron chi connectivity index (χ2n) is 4.68. The standard InChI is InChI=1S/C15H14N4/c1-11-7-13(8-16)14-9-17-19(15(14)18-11)10-12-5-3-2-4-6-12/h2-7,9,11,18H,10H2,1H3. The second kappa shape index (κ2) is 4.62. The maximum atomic E-state index is 9.17. The van der Waals surface area contributed by atoms with Crippen LogP contribution in [-0.2, 0) is 6.54 Å². The van der Waals surface area contributed by atoms with Crippen LogP contribution < -0.4 is 5.32 Å². The SMILES string of the molecule is CC1C=C(C#N)c2cnn(Cc3ccccc3)c2N1. The molecule has 1 aromatic heterocycles. The smallest absolute Gasteiger partial charge is 0.133 e. The molecule has 0 aliphatic carbocycles. The summed E-state index contributed by atoms with van der Waals surface area (Å²) in [5.74, 6) is 0.926. The van der Waals surface area contributed by atoms with E-state index in [0.717, 1.165) is 11.4 Å². The van der Waals surface area contributed by atoms with Crippen LogP contribution in [0.3, 0.4) is 0 Å². The minimum absolute atomic E-state index is 0.147. The highest BCUT2D eigenvalue weighted by Gasteiger charge is 2.20. The summed E-state index contributed by atoms with van der Waals surface area (Å²) < 4.78 is 1.91. The van der Waals surface area contributed by atoms with Crippen molar-refractivity contribution in [1.29, 1.82) is 5.26 Å². The lowest BCUT2D eigenvalue weighted by molar-refractivity contribution is 0.687. The zero-order valence-corrected chi connectivity index (χ0v) is 10.7. The van der Waals surface area contributed by atoms with Gasteiger partial charge in [-0.05, 0) is 18.6 Å². The van der Waals surface area contributed by atoms with Crippen LogP contribution in [0.5, 0.6) is 0 Å². The van der Waals surface area contributed by atoms with Gasteiger partial charge in [-0.25, -0.2) is 4.68 Å². The molecule has 0 saturated carbocycles. The number of hydrogen-bond acceptors (Lipinski definition) is 3. The first-order chi connectivity index (χ1) is 9.28. The molecule has 94 valence electrons. The van der Waals surface area contributed by atoms with Crippen molar-refractivity contribution in [1.82, 2.24) is 9.78 Å². The maximum Gasteiger partial charge on any atom is 0.133 e. The molecule has 1 unspecified atom stereocenters. The van der Waals surface area contributed by atoms with Gasteiger partial charge >= 0.3 is 0 Å². The topological polar surface area (TPSA) is 53.6 Å². The van der Waals surface area contributed by atoms with Crippen molar-refractivity contribution in [2.45, 2.75) is 19.5 Å². The van der Waals surface area contributed by atoms with E-state index in [1.165, 1.54) is 5.56 Å². The van der Waals surface area contributed by atoms with Gasteiger partial charge in [0, 0.05) is 6.04 Å². The number of allylic oxidation sites excluding steroid dienone is 1. The average molecular weight is 250 g/mol. The van der Waals surface area contributed by atoms with Crippen LogP contribution in [0.2, 0.25) is 0 Å². The first-order valence-electron chi connectivity index (χ1n) is 6.26. The number of rotatable bonds is 2. The highest BCUT2D eigenvalue weighted by Crippen LogP contribution is 2.29. The number of benzene rings is 1. The number of anilines is 1. The predicted octanol–water partition coefficient (Wildman–Crippen LogP) is 2.65. The predicted molar refractivity (Wildman–Crippen MR) is 74.4 cm³/mol. The first kappa shape index (κ1) is 11.5. The van der Waals surface area contributed by atoms with E-state index in [4.69, 9.17) is 0 Å². The van der Waals surface area contributed by atoms with Crippen molar-refractivity contribution in [3.8, 4) is 6.07 Å². The molecule has 0 spiro atoms. The van der Waals surface area contributed by atoms with E-state index in [2.05, 4.69) is 28.6 Å². The minimum atomic E-state index is 0.147. The van der Waals surface area contributed by atoms with E-state index in [1.54, 1.807) is 6.20 Å². The van der Waals surface area contributed by atoms with Gasteiger partial charge < -0.3 is 5.32 Å². The van der Waals surface area contributed by atoms with E-state index in [-0.39, 0.29) is 6.04 Å². The molecule has 19 heavy (non-hydrogen) atoms.